The van der Waals surface area contributed by atoms with Crippen molar-refractivity contribution in [3.8, 4) is 0 Å². The second-order valence-electron chi connectivity index (χ2n) is 3.16. The summed E-state index contributed by atoms with van der Waals surface area (Å²) in [5, 5.41) is 10.7. The summed E-state index contributed by atoms with van der Waals surface area (Å²) < 4.78 is 0. The van der Waals surface area contributed by atoms with E-state index in [1.165, 1.54) is 6.07 Å². The van der Waals surface area contributed by atoms with Gasteiger partial charge in [0.1, 0.15) is 0 Å². The van der Waals surface area contributed by atoms with Gasteiger partial charge in [0, 0.05) is 5.56 Å². The minimum Gasteiger partial charge on any atom is -0.263 e. The van der Waals surface area contributed by atoms with Gasteiger partial charge in [-0.05, 0) is 22.9 Å². The van der Waals surface area contributed by atoms with Gasteiger partial charge in [0.2, 0.25) is 0 Å². The Hall–Kier alpha value is -2.43. The largest absolute Gasteiger partial charge is 0.334 e. The van der Waals surface area contributed by atoms with Crippen LogP contribution in [0.1, 0.15) is 10.4 Å². The van der Waals surface area contributed by atoms with Crippen LogP contribution in [0.3, 0.4) is 0 Å². The van der Waals surface area contributed by atoms with E-state index in [9.17, 15) is 14.9 Å². The first kappa shape index (κ1) is 10.1. The average molecular weight is 217 g/mol. The Kier molecular flexibility index (Phi) is 2.51. The van der Waals surface area contributed by atoms with Gasteiger partial charge in [0.25, 0.3) is 0 Å². The molecule has 0 spiro atoms. The number of nitrogens with zero attached hydrogens (tertiary/aromatic N) is 1. The summed E-state index contributed by atoms with van der Waals surface area (Å²) in [5.74, 6) is -0.962. The van der Waals surface area contributed by atoms with Crippen LogP contribution in [0, 0.1) is 10.1 Å². The molecule has 0 aromatic heterocycles. The van der Waals surface area contributed by atoms with Crippen LogP contribution in [0.2, 0.25) is 0 Å². The highest BCUT2D eigenvalue weighted by Crippen LogP contribution is 2.16. The number of benzene rings is 2. The second kappa shape index (κ2) is 3.98. The molecule has 0 aliphatic rings. The third kappa shape index (κ3) is 1.98. The number of rotatable bonds is 2. The molecule has 0 heterocycles. The van der Waals surface area contributed by atoms with Gasteiger partial charge in [-0.2, -0.15) is 0 Å². The Bertz CT molecular complexity index is 565. The molecule has 0 aliphatic carbocycles. The maximum Gasteiger partial charge on any atom is 0.334 e. The lowest BCUT2D eigenvalue weighted by Gasteiger charge is -2.00. The average Bonchev–Trinajstić information content (AvgIpc) is 2.27. The third-order valence-electron chi connectivity index (χ3n) is 2.14. The van der Waals surface area contributed by atoms with Gasteiger partial charge >= 0.3 is 11.1 Å². The number of carbonyl (C=O) groups excluding carboxylic acids is 1. The molecule has 0 radical (unpaired) electrons. The molecule has 0 amide bonds. The van der Waals surface area contributed by atoms with Crippen molar-refractivity contribution in [2.75, 3.05) is 0 Å². The molecule has 5 nitrogen and oxygen atoms in total. The molecule has 0 atom stereocenters. The molecule has 0 fully saturated rings. The van der Waals surface area contributed by atoms with Gasteiger partial charge in [-0.1, -0.05) is 30.3 Å². The first-order valence-corrected chi connectivity index (χ1v) is 4.52. The Morgan fingerprint density at radius 1 is 1.12 bits per heavy atom. The first-order valence-electron chi connectivity index (χ1n) is 4.52. The van der Waals surface area contributed by atoms with Crippen molar-refractivity contribution in [1.82, 2.24) is 0 Å². The van der Waals surface area contributed by atoms with Crippen molar-refractivity contribution in [1.29, 1.82) is 0 Å². The normalized spacial score (nSPS) is 10.0. The minimum absolute atomic E-state index is 0.162. The lowest BCUT2D eigenvalue weighted by atomic mass is 10.1. The van der Waals surface area contributed by atoms with Crippen LogP contribution in [0.25, 0.3) is 10.8 Å². The SMILES string of the molecule is O=C(O[N+](=O)[O-])c1ccc2ccccc2c1. The Labute approximate surface area is 90.4 Å². The molecule has 2 aromatic carbocycles. The summed E-state index contributed by atoms with van der Waals surface area (Å²) in [6.07, 6.45) is 0. The molecule has 0 saturated carbocycles. The highest BCUT2D eigenvalue weighted by atomic mass is 17.0. The predicted octanol–water partition coefficient (Wildman–Crippen LogP) is 2.19. The van der Waals surface area contributed by atoms with Gasteiger partial charge in [-0.25, -0.2) is 4.84 Å². The first-order chi connectivity index (χ1) is 7.66. The van der Waals surface area contributed by atoms with Crippen LogP contribution in [0.4, 0.5) is 0 Å². The van der Waals surface area contributed by atoms with E-state index in [1.54, 1.807) is 12.1 Å². The summed E-state index contributed by atoms with van der Waals surface area (Å²) in [4.78, 5) is 25.1. The van der Waals surface area contributed by atoms with Crippen LogP contribution in [0.5, 0.6) is 0 Å². The minimum atomic E-state index is -1.11. The molecule has 5 heteroatoms. The second-order valence-corrected chi connectivity index (χ2v) is 3.16. The molecule has 0 bridgehead atoms. The van der Waals surface area contributed by atoms with Crippen molar-refractivity contribution in [3.63, 3.8) is 0 Å². The van der Waals surface area contributed by atoms with E-state index in [2.05, 4.69) is 4.84 Å². The van der Waals surface area contributed by atoms with Gasteiger partial charge in [0.15, 0.2) is 0 Å². The van der Waals surface area contributed by atoms with Crippen molar-refractivity contribution in [3.05, 3.63) is 58.1 Å². The summed E-state index contributed by atoms with van der Waals surface area (Å²) in [5.41, 5.74) is 0.162. The lowest BCUT2D eigenvalue weighted by Crippen LogP contribution is -2.10. The quantitative estimate of drug-likeness (QED) is 0.571. The van der Waals surface area contributed by atoms with E-state index >= 15 is 0 Å². The van der Waals surface area contributed by atoms with Gasteiger partial charge < -0.3 is 0 Å². The van der Waals surface area contributed by atoms with Gasteiger partial charge in [-0.15, -0.1) is 10.1 Å². The van der Waals surface area contributed by atoms with E-state index in [4.69, 9.17) is 0 Å². The Morgan fingerprint density at radius 3 is 2.50 bits per heavy atom. The maximum atomic E-state index is 11.2. The zero-order chi connectivity index (χ0) is 11.5. The van der Waals surface area contributed by atoms with E-state index in [-0.39, 0.29) is 5.56 Å². The number of hydrogen-bond donors (Lipinski definition) is 0. The van der Waals surface area contributed by atoms with Crippen LogP contribution in [-0.2, 0) is 4.84 Å². The molecule has 2 rings (SSSR count). The number of carbonyl (C=O) groups is 1. The molecule has 2 aromatic rings. The van der Waals surface area contributed by atoms with E-state index < -0.39 is 11.1 Å². The van der Waals surface area contributed by atoms with Crippen molar-refractivity contribution in [2.45, 2.75) is 0 Å². The summed E-state index contributed by atoms with van der Waals surface area (Å²) in [7, 11) is 0. The molecular weight excluding hydrogens is 210 g/mol. The fraction of sp³-hybridized carbons (Fsp3) is 0. The zero-order valence-electron chi connectivity index (χ0n) is 8.12. The maximum absolute atomic E-state index is 11.2. The molecule has 0 unspecified atom stereocenters. The smallest absolute Gasteiger partial charge is 0.263 e. The third-order valence-corrected chi connectivity index (χ3v) is 2.14. The molecule has 0 aliphatic heterocycles. The zero-order valence-corrected chi connectivity index (χ0v) is 8.12. The summed E-state index contributed by atoms with van der Waals surface area (Å²) in [6, 6.07) is 12.2. The van der Waals surface area contributed by atoms with E-state index in [0.717, 1.165) is 10.8 Å². The number of hydrogen-bond acceptors (Lipinski definition) is 4. The van der Waals surface area contributed by atoms with E-state index in [1.807, 2.05) is 24.3 Å². The van der Waals surface area contributed by atoms with Crippen molar-refractivity contribution >= 4 is 16.7 Å². The summed E-state index contributed by atoms with van der Waals surface area (Å²) in [6.45, 7) is 0. The standard InChI is InChI=1S/C11H7NO4/c13-11(16-12(14)15)10-6-5-8-3-1-2-4-9(8)7-10/h1-7H. The van der Waals surface area contributed by atoms with Gasteiger partial charge in [-0.3, -0.25) is 4.79 Å². The van der Waals surface area contributed by atoms with Crippen LogP contribution < -0.4 is 0 Å². The van der Waals surface area contributed by atoms with Crippen LogP contribution in [0.15, 0.2) is 42.5 Å². The molecule has 16 heavy (non-hydrogen) atoms. The molecule has 0 saturated heterocycles. The molecule has 80 valence electrons. The van der Waals surface area contributed by atoms with Crippen LogP contribution in [-0.4, -0.2) is 11.1 Å². The molecule has 0 N–H and O–H groups in total. The lowest BCUT2D eigenvalue weighted by molar-refractivity contribution is -0.727. The molecular formula is C11H7NO4. The van der Waals surface area contributed by atoms with E-state index in [0.29, 0.717) is 0 Å². The summed E-state index contributed by atoms with van der Waals surface area (Å²) >= 11 is 0. The van der Waals surface area contributed by atoms with Gasteiger partial charge in [0.05, 0.1) is 0 Å². The Balaban J connectivity index is 2.39. The highest BCUT2D eigenvalue weighted by Gasteiger charge is 2.10. The fourth-order valence-electron chi connectivity index (χ4n) is 1.44. The monoisotopic (exact) mass is 217 g/mol. The van der Waals surface area contributed by atoms with Crippen LogP contribution >= 0.6 is 0 Å². The topological polar surface area (TPSA) is 69.4 Å². The highest BCUT2D eigenvalue weighted by molar-refractivity contribution is 5.95. The Morgan fingerprint density at radius 2 is 1.81 bits per heavy atom. The predicted molar refractivity (Wildman–Crippen MR) is 56.4 cm³/mol. The fourth-order valence-corrected chi connectivity index (χ4v) is 1.44. The number of fused-ring (bicyclic) bond motifs is 1. The van der Waals surface area contributed by atoms with Crippen molar-refractivity contribution in [2.24, 2.45) is 0 Å². The van der Waals surface area contributed by atoms with Crippen molar-refractivity contribution < 1.29 is 14.7 Å².